The van der Waals surface area contributed by atoms with Crippen LogP contribution >= 0.6 is 11.8 Å². The Kier molecular flexibility index (Phi) is 6.18. The molecule has 0 spiro atoms. The molecule has 1 N–H and O–H groups in total. The number of carbonyl (C=O) groups excluding carboxylic acids is 1. The third-order valence-electron chi connectivity index (χ3n) is 3.99. The van der Waals surface area contributed by atoms with E-state index in [-0.39, 0.29) is 29.4 Å². The molecule has 3 rings (SSSR count). The zero-order chi connectivity index (χ0) is 19.2. The van der Waals surface area contributed by atoms with E-state index in [0.29, 0.717) is 5.16 Å². The molecule has 0 saturated heterocycles. The molecule has 1 atom stereocenters. The zero-order valence-corrected chi connectivity index (χ0v) is 15.9. The molecule has 1 amide bonds. The minimum absolute atomic E-state index is 0.134. The summed E-state index contributed by atoms with van der Waals surface area (Å²) in [5.74, 6) is -0.0852. The number of rotatable bonds is 7. The molecule has 0 aliphatic rings. The molecule has 0 aliphatic heterocycles. The molecule has 0 fully saturated rings. The number of para-hydroxylation sites is 1. The lowest BCUT2D eigenvalue weighted by Gasteiger charge is -2.23. The van der Waals surface area contributed by atoms with E-state index in [1.54, 1.807) is 16.8 Å². The first-order valence-corrected chi connectivity index (χ1v) is 9.54. The number of nitrogens with one attached hydrogen (secondary N) is 1. The van der Waals surface area contributed by atoms with Crippen LogP contribution in [0.25, 0.3) is 5.69 Å². The average Bonchev–Trinajstić information content (AvgIpc) is 3.14. The number of aromatic nitrogens is 4. The van der Waals surface area contributed by atoms with Crippen molar-refractivity contribution in [1.29, 1.82) is 0 Å². The Morgan fingerprint density at radius 2 is 1.85 bits per heavy atom. The summed E-state index contributed by atoms with van der Waals surface area (Å²) in [6, 6.07) is 15.5. The topological polar surface area (TPSA) is 72.7 Å². The van der Waals surface area contributed by atoms with Gasteiger partial charge in [0.2, 0.25) is 11.1 Å². The Bertz CT molecular complexity index is 883. The summed E-state index contributed by atoms with van der Waals surface area (Å²) in [6.07, 6.45) is 0. The van der Waals surface area contributed by atoms with Crippen LogP contribution in [0.2, 0.25) is 0 Å². The van der Waals surface area contributed by atoms with E-state index < -0.39 is 0 Å². The first kappa shape index (κ1) is 19.0. The monoisotopic (exact) mass is 385 g/mol. The molecule has 0 bridgehead atoms. The summed E-state index contributed by atoms with van der Waals surface area (Å²) in [6.45, 7) is 4.02. The van der Waals surface area contributed by atoms with Crippen molar-refractivity contribution in [2.75, 3.05) is 5.75 Å². The van der Waals surface area contributed by atoms with Gasteiger partial charge in [-0.15, -0.1) is 5.10 Å². The first-order valence-electron chi connectivity index (χ1n) is 8.56. The van der Waals surface area contributed by atoms with E-state index in [4.69, 9.17) is 0 Å². The summed E-state index contributed by atoms with van der Waals surface area (Å²) >= 11 is 1.26. The number of tetrazole rings is 1. The first-order chi connectivity index (χ1) is 13.0. The van der Waals surface area contributed by atoms with Gasteiger partial charge in [-0.05, 0) is 46.2 Å². The van der Waals surface area contributed by atoms with E-state index in [1.807, 2.05) is 44.2 Å². The van der Waals surface area contributed by atoms with Crippen LogP contribution in [0.3, 0.4) is 0 Å². The van der Waals surface area contributed by atoms with Crippen molar-refractivity contribution in [2.45, 2.75) is 25.0 Å². The molecular weight excluding hydrogens is 365 g/mol. The highest BCUT2D eigenvalue weighted by Crippen LogP contribution is 2.23. The minimum Gasteiger partial charge on any atom is -0.348 e. The van der Waals surface area contributed by atoms with Crippen LogP contribution in [0, 0.1) is 11.7 Å². The van der Waals surface area contributed by atoms with Crippen molar-refractivity contribution < 1.29 is 9.18 Å². The molecule has 1 heterocycles. The predicted octanol–water partition coefficient (Wildman–Crippen LogP) is 3.41. The number of nitrogens with zero attached hydrogens (tertiary/aromatic N) is 4. The summed E-state index contributed by atoms with van der Waals surface area (Å²) in [4.78, 5) is 12.5. The third kappa shape index (κ3) is 4.91. The molecule has 140 valence electrons. The molecule has 2 aromatic carbocycles. The van der Waals surface area contributed by atoms with Gasteiger partial charge >= 0.3 is 0 Å². The van der Waals surface area contributed by atoms with Crippen molar-refractivity contribution in [3.63, 3.8) is 0 Å². The van der Waals surface area contributed by atoms with Gasteiger partial charge in [0.15, 0.2) is 0 Å². The minimum atomic E-state index is -0.295. The maximum atomic E-state index is 13.2. The highest BCUT2D eigenvalue weighted by atomic mass is 32.2. The van der Waals surface area contributed by atoms with Gasteiger partial charge < -0.3 is 5.32 Å². The van der Waals surface area contributed by atoms with E-state index in [0.717, 1.165) is 11.3 Å². The molecule has 1 unspecified atom stereocenters. The normalized spacial score (nSPS) is 12.1. The fraction of sp³-hybridized carbons (Fsp3) is 0.263. The molecule has 6 nitrogen and oxygen atoms in total. The number of carbonyl (C=O) groups is 1. The summed E-state index contributed by atoms with van der Waals surface area (Å²) in [7, 11) is 0. The van der Waals surface area contributed by atoms with E-state index >= 15 is 0 Å². The highest BCUT2D eigenvalue weighted by molar-refractivity contribution is 7.99. The summed E-state index contributed by atoms with van der Waals surface area (Å²) < 4.78 is 14.8. The standard InChI is InChI=1S/C19H20FN5OS/c1-13(2)18(14-8-10-15(20)11-9-14)21-17(26)12-27-19-22-23-24-25(19)16-6-4-3-5-7-16/h3-11,13,18H,12H2,1-2H3,(H,21,26). The Labute approximate surface area is 161 Å². The molecular formula is C19H20FN5OS. The summed E-state index contributed by atoms with van der Waals surface area (Å²) in [5.41, 5.74) is 1.70. The van der Waals surface area contributed by atoms with Crippen LogP contribution in [-0.2, 0) is 4.79 Å². The van der Waals surface area contributed by atoms with Gasteiger partial charge in [-0.25, -0.2) is 4.39 Å². The Balaban J connectivity index is 1.64. The maximum Gasteiger partial charge on any atom is 0.230 e. The van der Waals surface area contributed by atoms with Crippen LogP contribution in [0.4, 0.5) is 4.39 Å². The van der Waals surface area contributed by atoms with Gasteiger partial charge in [0.25, 0.3) is 0 Å². The number of hydrogen-bond acceptors (Lipinski definition) is 5. The molecule has 3 aromatic rings. The molecule has 0 aliphatic carbocycles. The van der Waals surface area contributed by atoms with Crippen LogP contribution in [-0.4, -0.2) is 31.9 Å². The molecule has 8 heteroatoms. The van der Waals surface area contributed by atoms with Gasteiger partial charge in [-0.1, -0.05) is 55.9 Å². The summed E-state index contributed by atoms with van der Waals surface area (Å²) in [5, 5.41) is 15.2. The van der Waals surface area contributed by atoms with Gasteiger partial charge in [-0.2, -0.15) is 4.68 Å². The Morgan fingerprint density at radius 1 is 1.15 bits per heavy atom. The van der Waals surface area contributed by atoms with Crippen molar-refractivity contribution in [3.05, 3.63) is 66.0 Å². The molecule has 0 radical (unpaired) electrons. The quantitative estimate of drug-likeness (QED) is 0.631. The Morgan fingerprint density at radius 3 is 2.52 bits per heavy atom. The van der Waals surface area contributed by atoms with Crippen molar-refractivity contribution in [1.82, 2.24) is 25.5 Å². The van der Waals surface area contributed by atoms with Crippen molar-refractivity contribution in [3.8, 4) is 5.69 Å². The predicted molar refractivity (Wildman–Crippen MR) is 102 cm³/mol. The van der Waals surface area contributed by atoms with Gasteiger partial charge in [0.1, 0.15) is 5.82 Å². The Hall–Kier alpha value is -2.74. The number of benzene rings is 2. The number of halogens is 1. The van der Waals surface area contributed by atoms with Gasteiger partial charge in [0.05, 0.1) is 17.5 Å². The highest BCUT2D eigenvalue weighted by Gasteiger charge is 2.19. The van der Waals surface area contributed by atoms with E-state index in [9.17, 15) is 9.18 Å². The second kappa shape index (κ2) is 8.77. The lowest BCUT2D eigenvalue weighted by molar-refractivity contribution is -0.119. The number of hydrogen-bond donors (Lipinski definition) is 1. The maximum absolute atomic E-state index is 13.2. The molecule has 1 aromatic heterocycles. The van der Waals surface area contributed by atoms with E-state index in [1.165, 1.54) is 23.9 Å². The largest absolute Gasteiger partial charge is 0.348 e. The van der Waals surface area contributed by atoms with Crippen molar-refractivity contribution in [2.24, 2.45) is 5.92 Å². The third-order valence-corrected chi connectivity index (χ3v) is 4.91. The fourth-order valence-electron chi connectivity index (χ4n) is 2.65. The van der Waals surface area contributed by atoms with Crippen LogP contribution < -0.4 is 5.32 Å². The smallest absolute Gasteiger partial charge is 0.230 e. The second-order valence-corrected chi connectivity index (χ2v) is 7.28. The zero-order valence-electron chi connectivity index (χ0n) is 15.0. The number of thioether (sulfide) groups is 1. The fourth-order valence-corrected chi connectivity index (χ4v) is 3.35. The lowest BCUT2D eigenvalue weighted by Crippen LogP contribution is -2.33. The SMILES string of the molecule is CC(C)C(NC(=O)CSc1nnnn1-c1ccccc1)c1ccc(F)cc1. The molecule has 27 heavy (non-hydrogen) atoms. The average molecular weight is 385 g/mol. The van der Waals surface area contributed by atoms with Crippen LogP contribution in [0.1, 0.15) is 25.5 Å². The van der Waals surface area contributed by atoms with Crippen molar-refractivity contribution >= 4 is 17.7 Å². The lowest BCUT2D eigenvalue weighted by atomic mass is 9.96. The van der Waals surface area contributed by atoms with Crippen LogP contribution in [0.5, 0.6) is 0 Å². The van der Waals surface area contributed by atoms with Gasteiger partial charge in [0, 0.05) is 0 Å². The van der Waals surface area contributed by atoms with Crippen LogP contribution in [0.15, 0.2) is 59.8 Å². The second-order valence-electron chi connectivity index (χ2n) is 6.34. The molecule has 0 saturated carbocycles. The number of amides is 1. The van der Waals surface area contributed by atoms with Gasteiger partial charge in [-0.3, -0.25) is 4.79 Å². The van der Waals surface area contributed by atoms with E-state index in [2.05, 4.69) is 20.8 Å².